The van der Waals surface area contributed by atoms with Crippen LogP contribution in [0.2, 0.25) is 5.02 Å². The lowest BCUT2D eigenvalue weighted by atomic mass is 10.4. The van der Waals surface area contributed by atoms with Crippen LogP contribution >= 0.6 is 11.6 Å². The maximum Gasteiger partial charge on any atom is 0.371 e. The molecule has 78 valence electrons. The van der Waals surface area contributed by atoms with Crippen LogP contribution < -0.4 is 4.90 Å². The minimum atomic E-state index is -1.11. The molecule has 0 unspecified atom stereocenters. The fourth-order valence-electron chi connectivity index (χ4n) is 1.19. The van der Waals surface area contributed by atoms with E-state index in [4.69, 9.17) is 21.1 Å². The van der Waals surface area contributed by atoms with E-state index in [1.54, 1.807) is 0 Å². The van der Waals surface area contributed by atoms with Gasteiger partial charge in [-0.15, -0.1) is 0 Å². The molecule has 0 saturated carbocycles. The number of rotatable bonds is 4. The molecule has 1 aromatic heterocycles. The summed E-state index contributed by atoms with van der Waals surface area (Å²) in [5.74, 6) is -0.809. The molecule has 1 heterocycles. The van der Waals surface area contributed by atoms with Crippen LogP contribution in [0.15, 0.2) is 10.5 Å². The lowest BCUT2D eigenvalue weighted by Crippen LogP contribution is -2.21. The van der Waals surface area contributed by atoms with Gasteiger partial charge >= 0.3 is 5.97 Å². The maximum atomic E-state index is 10.6. The fraction of sp³-hybridized carbons (Fsp3) is 0.444. The minimum Gasteiger partial charge on any atom is -0.475 e. The minimum absolute atomic E-state index is 0.128. The highest BCUT2D eigenvalue weighted by Crippen LogP contribution is 2.29. The van der Waals surface area contributed by atoms with Gasteiger partial charge in [-0.05, 0) is 13.8 Å². The first kappa shape index (κ1) is 10.9. The van der Waals surface area contributed by atoms with Gasteiger partial charge in [0, 0.05) is 19.2 Å². The van der Waals surface area contributed by atoms with Gasteiger partial charge in [0.25, 0.3) is 0 Å². The second-order valence-electron chi connectivity index (χ2n) is 2.74. The summed E-state index contributed by atoms with van der Waals surface area (Å²) < 4.78 is 5.11. The van der Waals surface area contributed by atoms with Crippen molar-refractivity contribution < 1.29 is 14.3 Å². The summed E-state index contributed by atoms with van der Waals surface area (Å²) in [6.07, 6.45) is 0. The van der Waals surface area contributed by atoms with Crippen molar-refractivity contribution in [1.29, 1.82) is 0 Å². The Morgan fingerprint density at radius 2 is 2.14 bits per heavy atom. The van der Waals surface area contributed by atoms with Gasteiger partial charge < -0.3 is 14.4 Å². The van der Waals surface area contributed by atoms with E-state index in [1.807, 2.05) is 18.7 Å². The number of carboxylic acid groups (broad SMARTS) is 1. The molecule has 1 aromatic rings. The summed E-state index contributed by atoms with van der Waals surface area (Å²) in [5.41, 5.74) is 0. The number of hydrogen-bond donors (Lipinski definition) is 1. The Hall–Kier alpha value is -1.16. The molecule has 14 heavy (non-hydrogen) atoms. The molecule has 4 nitrogen and oxygen atoms in total. The van der Waals surface area contributed by atoms with Gasteiger partial charge in [-0.1, -0.05) is 11.6 Å². The van der Waals surface area contributed by atoms with E-state index in [1.165, 1.54) is 6.07 Å². The van der Waals surface area contributed by atoms with Gasteiger partial charge in [-0.2, -0.15) is 0 Å². The second kappa shape index (κ2) is 4.37. The lowest BCUT2D eigenvalue weighted by Gasteiger charge is -2.17. The molecule has 0 aromatic carbocycles. The number of carboxylic acids is 1. The zero-order valence-electron chi connectivity index (χ0n) is 8.08. The summed E-state index contributed by atoms with van der Waals surface area (Å²) in [4.78, 5) is 12.5. The van der Waals surface area contributed by atoms with Gasteiger partial charge in [-0.25, -0.2) is 4.79 Å². The summed E-state index contributed by atoms with van der Waals surface area (Å²) in [6, 6.07) is 1.32. The maximum absolute atomic E-state index is 10.6. The van der Waals surface area contributed by atoms with Crippen LogP contribution in [0, 0.1) is 0 Å². The average Bonchev–Trinajstić information content (AvgIpc) is 2.51. The van der Waals surface area contributed by atoms with E-state index in [0.29, 0.717) is 10.9 Å². The van der Waals surface area contributed by atoms with Crippen LogP contribution in [-0.2, 0) is 0 Å². The first-order chi connectivity index (χ1) is 6.60. The van der Waals surface area contributed by atoms with Crippen LogP contribution in [-0.4, -0.2) is 24.2 Å². The molecular weight excluding hydrogens is 206 g/mol. The Balaban J connectivity index is 3.02. The van der Waals surface area contributed by atoms with Crippen molar-refractivity contribution in [2.24, 2.45) is 0 Å². The number of carbonyl (C=O) groups is 1. The summed E-state index contributed by atoms with van der Waals surface area (Å²) in [6.45, 7) is 5.34. The van der Waals surface area contributed by atoms with Crippen LogP contribution in [0.3, 0.4) is 0 Å². The first-order valence-electron chi connectivity index (χ1n) is 4.37. The predicted octanol–water partition coefficient (Wildman–Crippen LogP) is 2.48. The Morgan fingerprint density at radius 3 is 2.50 bits per heavy atom. The molecule has 0 aliphatic heterocycles. The number of hydrogen-bond acceptors (Lipinski definition) is 3. The molecule has 0 amide bonds. The van der Waals surface area contributed by atoms with Crippen LogP contribution in [0.4, 0.5) is 5.88 Å². The first-order valence-corrected chi connectivity index (χ1v) is 4.75. The Labute approximate surface area is 87.1 Å². The molecule has 0 radical (unpaired) electrons. The summed E-state index contributed by atoms with van der Waals surface area (Å²) in [5, 5.41) is 9.02. The van der Waals surface area contributed by atoms with Crippen molar-refractivity contribution in [3.63, 3.8) is 0 Å². The number of anilines is 1. The van der Waals surface area contributed by atoms with Gasteiger partial charge in [0.05, 0.1) is 0 Å². The molecular formula is C9H12ClNO3. The third-order valence-corrected chi connectivity index (χ3v) is 2.20. The Kier molecular flexibility index (Phi) is 3.41. The van der Waals surface area contributed by atoms with Gasteiger partial charge in [0.15, 0.2) is 0 Å². The van der Waals surface area contributed by atoms with Crippen molar-refractivity contribution >= 4 is 23.5 Å². The standard InChI is InChI=1S/C9H12ClNO3/c1-3-11(4-2)8-6(10)5-7(14-8)9(12)13/h5H,3-4H2,1-2H3,(H,12,13). The quantitative estimate of drug-likeness (QED) is 0.842. The van der Waals surface area contributed by atoms with Gasteiger partial charge in [-0.3, -0.25) is 0 Å². The highest BCUT2D eigenvalue weighted by Gasteiger charge is 2.17. The molecule has 0 atom stereocenters. The van der Waals surface area contributed by atoms with E-state index in [-0.39, 0.29) is 5.76 Å². The van der Waals surface area contributed by atoms with Crippen molar-refractivity contribution in [2.75, 3.05) is 18.0 Å². The zero-order chi connectivity index (χ0) is 10.7. The molecule has 0 spiro atoms. The molecule has 1 rings (SSSR count). The average molecular weight is 218 g/mol. The smallest absolute Gasteiger partial charge is 0.371 e. The molecule has 0 saturated heterocycles. The summed E-state index contributed by atoms with van der Waals surface area (Å²) >= 11 is 5.84. The fourth-order valence-corrected chi connectivity index (χ4v) is 1.45. The van der Waals surface area contributed by atoms with Crippen molar-refractivity contribution in [1.82, 2.24) is 0 Å². The largest absolute Gasteiger partial charge is 0.475 e. The van der Waals surface area contributed by atoms with Crippen molar-refractivity contribution in [3.05, 3.63) is 16.8 Å². The number of halogens is 1. The molecule has 0 aliphatic carbocycles. The predicted molar refractivity (Wildman–Crippen MR) is 54.2 cm³/mol. The zero-order valence-corrected chi connectivity index (χ0v) is 8.84. The van der Waals surface area contributed by atoms with E-state index >= 15 is 0 Å². The topological polar surface area (TPSA) is 53.7 Å². The molecule has 0 bridgehead atoms. The van der Waals surface area contributed by atoms with Gasteiger partial charge in [0.1, 0.15) is 5.02 Å². The highest BCUT2D eigenvalue weighted by atomic mass is 35.5. The molecule has 0 fully saturated rings. The monoisotopic (exact) mass is 217 g/mol. The molecule has 0 aliphatic rings. The van der Waals surface area contributed by atoms with Crippen molar-refractivity contribution in [3.8, 4) is 0 Å². The van der Waals surface area contributed by atoms with Crippen LogP contribution in [0.1, 0.15) is 24.4 Å². The van der Waals surface area contributed by atoms with Crippen molar-refractivity contribution in [2.45, 2.75) is 13.8 Å². The third kappa shape index (κ3) is 2.01. The third-order valence-electron chi connectivity index (χ3n) is 1.93. The highest BCUT2D eigenvalue weighted by molar-refractivity contribution is 6.33. The Bertz CT molecular complexity index is 331. The Morgan fingerprint density at radius 1 is 1.57 bits per heavy atom. The van der Waals surface area contributed by atoms with E-state index in [0.717, 1.165) is 13.1 Å². The van der Waals surface area contributed by atoms with E-state index < -0.39 is 5.97 Å². The SMILES string of the molecule is CCN(CC)c1oc(C(=O)O)cc1Cl. The van der Waals surface area contributed by atoms with Crippen LogP contribution in [0.5, 0.6) is 0 Å². The summed E-state index contributed by atoms with van der Waals surface area (Å²) in [7, 11) is 0. The van der Waals surface area contributed by atoms with Crippen LogP contribution in [0.25, 0.3) is 0 Å². The molecule has 1 N–H and O–H groups in total. The molecule has 5 heteroatoms. The normalized spacial score (nSPS) is 10.2. The van der Waals surface area contributed by atoms with Gasteiger partial charge in [0.2, 0.25) is 11.6 Å². The van der Waals surface area contributed by atoms with E-state index in [9.17, 15) is 4.79 Å². The number of furan rings is 1. The number of aromatic carboxylic acids is 1. The lowest BCUT2D eigenvalue weighted by molar-refractivity contribution is 0.0663. The number of nitrogens with zero attached hydrogens (tertiary/aromatic N) is 1. The van der Waals surface area contributed by atoms with E-state index in [2.05, 4.69) is 0 Å². The second-order valence-corrected chi connectivity index (χ2v) is 3.15.